The molecule has 0 bridgehead atoms. The Morgan fingerprint density at radius 1 is 1.32 bits per heavy atom. The quantitative estimate of drug-likeness (QED) is 0.890. The molecule has 1 atom stereocenters. The third kappa shape index (κ3) is 3.56. The second-order valence-electron chi connectivity index (χ2n) is 6.18. The van der Waals surface area contributed by atoms with Gasteiger partial charge in [0, 0.05) is 12.5 Å². The van der Waals surface area contributed by atoms with Crippen molar-refractivity contribution in [1.29, 1.82) is 0 Å². The second kappa shape index (κ2) is 6.51. The number of rotatable bonds is 5. The van der Waals surface area contributed by atoms with Gasteiger partial charge < -0.3 is 5.11 Å². The molecule has 4 nitrogen and oxygen atoms in total. The average Bonchev–Trinajstić information content (AvgIpc) is 2.87. The average molecular weight is 265 g/mol. The molecule has 0 spiro atoms. The molecular weight excluding hydrogens is 238 g/mol. The highest BCUT2D eigenvalue weighted by atomic mass is 16.3. The zero-order valence-electron chi connectivity index (χ0n) is 12.4. The maximum atomic E-state index is 10.4. The Balaban J connectivity index is 1.90. The van der Waals surface area contributed by atoms with Crippen LogP contribution in [0.4, 0.5) is 0 Å². The van der Waals surface area contributed by atoms with Gasteiger partial charge in [-0.1, -0.05) is 26.2 Å². The standard InChI is InChI=1S/C15H27N3O/c1-4-12-5-7-13(8-6-12)14(19)9-15-16-10-17-18(15)11(2)3/h10-14,19H,4-9H2,1-3H3. The topological polar surface area (TPSA) is 50.9 Å². The highest BCUT2D eigenvalue weighted by Crippen LogP contribution is 2.33. The molecule has 1 fully saturated rings. The van der Waals surface area contributed by atoms with E-state index in [1.165, 1.54) is 19.3 Å². The van der Waals surface area contributed by atoms with Crippen molar-refractivity contribution in [3.8, 4) is 0 Å². The Morgan fingerprint density at radius 3 is 2.58 bits per heavy atom. The Bertz CT molecular complexity index is 380. The van der Waals surface area contributed by atoms with Crippen molar-refractivity contribution in [3.05, 3.63) is 12.2 Å². The lowest BCUT2D eigenvalue weighted by Crippen LogP contribution is -2.28. The highest BCUT2D eigenvalue weighted by molar-refractivity contribution is 4.91. The fourth-order valence-electron chi connectivity index (χ4n) is 3.19. The van der Waals surface area contributed by atoms with Crippen LogP contribution in [-0.4, -0.2) is 26.0 Å². The van der Waals surface area contributed by atoms with E-state index in [0.717, 1.165) is 24.6 Å². The first-order valence-electron chi connectivity index (χ1n) is 7.68. The van der Waals surface area contributed by atoms with Gasteiger partial charge in [0.2, 0.25) is 0 Å². The van der Waals surface area contributed by atoms with Crippen molar-refractivity contribution < 1.29 is 5.11 Å². The summed E-state index contributed by atoms with van der Waals surface area (Å²) in [6.07, 6.45) is 8.12. The molecule has 108 valence electrons. The Hall–Kier alpha value is -0.900. The Morgan fingerprint density at radius 2 is 2.00 bits per heavy atom. The van der Waals surface area contributed by atoms with E-state index in [4.69, 9.17) is 0 Å². The summed E-state index contributed by atoms with van der Waals surface area (Å²) < 4.78 is 1.92. The van der Waals surface area contributed by atoms with E-state index in [1.807, 2.05) is 4.68 Å². The number of aliphatic hydroxyl groups is 1. The van der Waals surface area contributed by atoms with Crippen molar-refractivity contribution in [1.82, 2.24) is 14.8 Å². The SMILES string of the molecule is CCC1CCC(C(O)Cc2ncnn2C(C)C)CC1. The minimum absolute atomic E-state index is 0.264. The fraction of sp³-hybridized carbons (Fsp3) is 0.867. The van der Waals surface area contributed by atoms with Crippen LogP contribution in [0.2, 0.25) is 0 Å². The van der Waals surface area contributed by atoms with Crippen LogP contribution in [0.15, 0.2) is 6.33 Å². The van der Waals surface area contributed by atoms with Gasteiger partial charge in [-0.25, -0.2) is 9.67 Å². The maximum absolute atomic E-state index is 10.4. The summed E-state index contributed by atoms with van der Waals surface area (Å²) in [7, 11) is 0. The van der Waals surface area contributed by atoms with Crippen molar-refractivity contribution in [2.24, 2.45) is 11.8 Å². The van der Waals surface area contributed by atoms with Gasteiger partial charge >= 0.3 is 0 Å². The van der Waals surface area contributed by atoms with E-state index in [0.29, 0.717) is 18.4 Å². The molecule has 19 heavy (non-hydrogen) atoms. The van der Waals surface area contributed by atoms with Crippen molar-refractivity contribution in [2.75, 3.05) is 0 Å². The third-order valence-corrected chi connectivity index (χ3v) is 4.54. The Kier molecular flexibility index (Phi) is 4.97. The first-order valence-corrected chi connectivity index (χ1v) is 7.68. The lowest BCUT2D eigenvalue weighted by Gasteiger charge is -2.31. The number of hydrogen-bond acceptors (Lipinski definition) is 3. The first-order chi connectivity index (χ1) is 9.11. The molecule has 1 unspecified atom stereocenters. The van der Waals surface area contributed by atoms with Crippen LogP contribution in [0.1, 0.15) is 64.7 Å². The molecule has 0 aromatic carbocycles. The van der Waals surface area contributed by atoms with Gasteiger partial charge in [0.15, 0.2) is 0 Å². The molecular formula is C15H27N3O. The Labute approximate surface area is 116 Å². The van der Waals surface area contributed by atoms with Crippen molar-refractivity contribution in [3.63, 3.8) is 0 Å². The predicted octanol–water partition coefficient (Wildman–Crippen LogP) is 2.98. The first kappa shape index (κ1) is 14.5. The van der Waals surface area contributed by atoms with Crippen LogP contribution in [-0.2, 0) is 6.42 Å². The fourth-order valence-corrected chi connectivity index (χ4v) is 3.19. The summed E-state index contributed by atoms with van der Waals surface area (Å²) in [6.45, 7) is 6.46. The number of aliphatic hydroxyl groups excluding tert-OH is 1. The number of aromatic nitrogens is 3. The van der Waals surface area contributed by atoms with Crippen LogP contribution in [0, 0.1) is 11.8 Å². The minimum atomic E-state index is -0.264. The molecule has 0 saturated heterocycles. The monoisotopic (exact) mass is 265 g/mol. The molecule has 0 aliphatic heterocycles. The molecule has 1 N–H and O–H groups in total. The maximum Gasteiger partial charge on any atom is 0.138 e. The van der Waals surface area contributed by atoms with Crippen LogP contribution >= 0.6 is 0 Å². The molecule has 1 aliphatic carbocycles. The summed E-state index contributed by atoms with van der Waals surface area (Å²) in [5, 5.41) is 14.7. The van der Waals surface area contributed by atoms with E-state index in [1.54, 1.807) is 6.33 Å². The molecule has 1 aromatic rings. The normalized spacial score (nSPS) is 25.7. The van der Waals surface area contributed by atoms with Gasteiger partial charge in [0.25, 0.3) is 0 Å². The zero-order valence-corrected chi connectivity index (χ0v) is 12.4. The summed E-state index contributed by atoms with van der Waals surface area (Å²) in [5.41, 5.74) is 0. The van der Waals surface area contributed by atoms with E-state index < -0.39 is 0 Å². The largest absolute Gasteiger partial charge is 0.392 e. The highest BCUT2D eigenvalue weighted by Gasteiger charge is 2.27. The lowest BCUT2D eigenvalue weighted by atomic mass is 9.78. The van der Waals surface area contributed by atoms with Crippen LogP contribution in [0.25, 0.3) is 0 Å². The third-order valence-electron chi connectivity index (χ3n) is 4.54. The summed E-state index contributed by atoms with van der Waals surface area (Å²) in [5.74, 6) is 2.24. The second-order valence-corrected chi connectivity index (χ2v) is 6.18. The molecule has 1 saturated carbocycles. The van der Waals surface area contributed by atoms with Gasteiger partial charge in [-0.05, 0) is 38.5 Å². The van der Waals surface area contributed by atoms with Gasteiger partial charge in [0.1, 0.15) is 12.2 Å². The lowest BCUT2D eigenvalue weighted by molar-refractivity contribution is 0.0708. The number of nitrogens with zero attached hydrogens (tertiary/aromatic N) is 3. The van der Waals surface area contributed by atoms with E-state index in [2.05, 4.69) is 30.9 Å². The molecule has 1 aliphatic rings. The van der Waals surface area contributed by atoms with Gasteiger partial charge in [0.05, 0.1) is 6.10 Å². The molecule has 1 aromatic heterocycles. The summed E-state index contributed by atoms with van der Waals surface area (Å²) in [4.78, 5) is 4.30. The van der Waals surface area contributed by atoms with E-state index >= 15 is 0 Å². The smallest absolute Gasteiger partial charge is 0.138 e. The van der Waals surface area contributed by atoms with Crippen molar-refractivity contribution >= 4 is 0 Å². The minimum Gasteiger partial charge on any atom is -0.392 e. The molecule has 4 heteroatoms. The van der Waals surface area contributed by atoms with Gasteiger partial charge in [-0.2, -0.15) is 5.10 Å². The predicted molar refractivity (Wildman–Crippen MR) is 75.9 cm³/mol. The molecule has 0 radical (unpaired) electrons. The molecule has 2 rings (SSSR count). The van der Waals surface area contributed by atoms with Gasteiger partial charge in [-0.3, -0.25) is 0 Å². The number of hydrogen-bond donors (Lipinski definition) is 1. The molecule has 1 heterocycles. The van der Waals surface area contributed by atoms with Crippen LogP contribution in [0.3, 0.4) is 0 Å². The zero-order chi connectivity index (χ0) is 13.8. The van der Waals surface area contributed by atoms with Crippen LogP contribution in [0.5, 0.6) is 0 Å². The van der Waals surface area contributed by atoms with Crippen molar-refractivity contribution in [2.45, 2.75) is 71.4 Å². The molecule has 0 amide bonds. The van der Waals surface area contributed by atoms with Crippen LogP contribution < -0.4 is 0 Å². The van der Waals surface area contributed by atoms with E-state index in [9.17, 15) is 5.11 Å². The summed E-state index contributed by atoms with van der Waals surface area (Å²) >= 11 is 0. The van der Waals surface area contributed by atoms with E-state index in [-0.39, 0.29) is 6.10 Å². The van der Waals surface area contributed by atoms with Gasteiger partial charge in [-0.15, -0.1) is 0 Å². The summed E-state index contributed by atoms with van der Waals surface area (Å²) in [6, 6.07) is 0.306.